The lowest BCUT2D eigenvalue weighted by molar-refractivity contribution is 0.0584. The first-order valence-corrected chi connectivity index (χ1v) is 12.4. The van der Waals surface area contributed by atoms with Crippen molar-refractivity contribution in [2.24, 2.45) is 0 Å². The molecule has 0 radical (unpaired) electrons. The molecule has 0 saturated heterocycles. The molecule has 4 rings (SSSR count). The Bertz CT molecular complexity index is 1500. The Labute approximate surface area is 222 Å². The summed E-state index contributed by atoms with van der Waals surface area (Å²) in [5.74, 6) is 5.08. The minimum absolute atomic E-state index is 0.0498. The van der Waals surface area contributed by atoms with E-state index < -0.39 is 11.9 Å². The van der Waals surface area contributed by atoms with Gasteiger partial charge in [0.25, 0.3) is 0 Å². The highest BCUT2D eigenvalue weighted by Crippen LogP contribution is 2.40. The number of hydrogen-bond donors (Lipinski definition) is 0. The molecule has 0 aliphatic heterocycles. The van der Waals surface area contributed by atoms with Gasteiger partial charge in [-0.15, -0.1) is 0 Å². The zero-order valence-electron chi connectivity index (χ0n) is 21.9. The number of ether oxygens (including phenoxy) is 2. The van der Waals surface area contributed by atoms with E-state index in [1.54, 1.807) is 48.5 Å². The number of hydrogen-bond acceptors (Lipinski definition) is 6. The topological polar surface area (TPSA) is 86.7 Å². The lowest BCUT2D eigenvalue weighted by atomic mass is 9.78. The summed E-state index contributed by atoms with van der Waals surface area (Å²) in [6.07, 6.45) is 2.95. The van der Waals surface area contributed by atoms with E-state index in [0.29, 0.717) is 57.3 Å². The maximum atomic E-state index is 13.3. The molecule has 6 nitrogen and oxygen atoms in total. The summed E-state index contributed by atoms with van der Waals surface area (Å²) in [7, 11) is 2.65. The van der Waals surface area contributed by atoms with Crippen molar-refractivity contribution in [1.82, 2.24) is 0 Å². The predicted octanol–water partition coefficient (Wildman–Crippen LogP) is 5.61. The first-order chi connectivity index (χ1) is 18.3. The van der Waals surface area contributed by atoms with E-state index in [2.05, 4.69) is 11.8 Å². The third-order valence-electron chi connectivity index (χ3n) is 6.80. The van der Waals surface area contributed by atoms with E-state index in [9.17, 15) is 19.2 Å². The highest BCUT2D eigenvalue weighted by atomic mass is 16.5. The Kier molecular flexibility index (Phi) is 7.87. The van der Waals surface area contributed by atoms with Crippen molar-refractivity contribution in [2.45, 2.75) is 39.5 Å². The van der Waals surface area contributed by atoms with Crippen molar-refractivity contribution in [3.8, 4) is 23.0 Å². The fourth-order valence-electron chi connectivity index (χ4n) is 4.87. The van der Waals surface area contributed by atoms with Gasteiger partial charge >= 0.3 is 11.9 Å². The van der Waals surface area contributed by atoms with Gasteiger partial charge in [0.1, 0.15) is 0 Å². The van der Waals surface area contributed by atoms with Crippen molar-refractivity contribution in [3.05, 3.63) is 93.0 Å². The standard InChI is InChI=1S/C32H28O6/c1-19(33)22-12-9-21(10-13-22)11-18-27-28(24-16-14-23(15-17-24)20(2)34)30(32(36)38-4)26-8-6-5-7-25(26)29(27)31(35)37-3/h9-10,12-17H,5-8H2,1-4H3. The highest BCUT2D eigenvalue weighted by molar-refractivity contribution is 6.07. The summed E-state index contributed by atoms with van der Waals surface area (Å²) >= 11 is 0. The summed E-state index contributed by atoms with van der Waals surface area (Å²) < 4.78 is 10.4. The molecule has 3 aromatic rings. The van der Waals surface area contributed by atoms with Crippen LogP contribution in [-0.2, 0) is 22.3 Å². The van der Waals surface area contributed by atoms with Crippen LogP contribution in [0, 0.1) is 11.8 Å². The molecule has 0 amide bonds. The third-order valence-corrected chi connectivity index (χ3v) is 6.80. The minimum atomic E-state index is -0.530. The highest BCUT2D eigenvalue weighted by Gasteiger charge is 2.32. The van der Waals surface area contributed by atoms with Gasteiger partial charge in [0.15, 0.2) is 11.6 Å². The molecule has 0 fully saturated rings. The molecule has 192 valence electrons. The molecular weight excluding hydrogens is 480 g/mol. The van der Waals surface area contributed by atoms with Crippen molar-refractivity contribution in [1.29, 1.82) is 0 Å². The number of carbonyl (C=O) groups is 4. The number of methoxy groups -OCH3 is 2. The molecule has 3 aromatic carbocycles. The van der Waals surface area contributed by atoms with Gasteiger partial charge in [-0.05, 0) is 68.4 Å². The van der Waals surface area contributed by atoms with Crippen molar-refractivity contribution >= 4 is 23.5 Å². The van der Waals surface area contributed by atoms with Gasteiger partial charge < -0.3 is 9.47 Å². The van der Waals surface area contributed by atoms with Crippen LogP contribution in [0.2, 0.25) is 0 Å². The molecule has 0 unspecified atom stereocenters. The van der Waals surface area contributed by atoms with Crippen LogP contribution in [0.3, 0.4) is 0 Å². The molecule has 0 N–H and O–H groups in total. The quantitative estimate of drug-likeness (QED) is 0.253. The Morgan fingerprint density at radius 3 is 1.63 bits per heavy atom. The number of ketones is 2. The molecule has 0 spiro atoms. The number of rotatable bonds is 5. The molecule has 38 heavy (non-hydrogen) atoms. The van der Waals surface area contributed by atoms with Crippen LogP contribution in [0.1, 0.15) is 90.4 Å². The van der Waals surface area contributed by atoms with E-state index in [0.717, 1.165) is 24.0 Å². The zero-order chi connectivity index (χ0) is 27.4. The number of Topliss-reactive ketones (excluding diaryl/α,β-unsaturated/α-hetero) is 2. The van der Waals surface area contributed by atoms with Gasteiger partial charge in [0.2, 0.25) is 0 Å². The molecule has 0 saturated carbocycles. The summed E-state index contributed by atoms with van der Waals surface area (Å²) in [4.78, 5) is 50.1. The van der Waals surface area contributed by atoms with Crippen LogP contribution in [-0.4, -0.2) is 37.7 Å². The molecule has 1 aliphatic rings. The smallest absolute Gasteiger partial charge is 0.339 e. The van der Waals surface area contributed by atoms with Crippen LogP contribution >= 0.6 is 0 Å². The number of esters is 2. The van der Waals surface area contributed by atoms with Crippen molar-refractivity contribution in [3.63, 3.8) is 0 Å². The number of benzene rings is 3. The van der Waals surface area contributed by atoms with Crippen LogP contribution in [0.5, 0.6) is 0 Å². The summed E-state index contributed by atoms with van der Waals surface area (Å²) in [6, 6.07) is 13.7. The first kappa shape index (κ1) is 26.6. The second-order valence-corrected chi connectivity index (χ2v) is 9.16. The maximum Gasteiger partial charge on any atom is 0.339 e. The molecule has 0 aromatic heterocycles. The predicted molar refractivity (Wildman–Crippen MR) is 144 cm³/mol. The largest absolute Gasteiger partial charge is 0.465 e. The zero-order valence-corrected chi connectivity index (χ0v) is 21.9. The lowest BCUT2D eigenvalue weighted by Crippen LogP contribution is -2.21. The molecular formula is C32H28O6. The number of fused-ring (bicyclic) bond motifs is 1. The molecule has 0 bridgehead atoms. The molecule has 1 aliphatic carbocycles. The lowest BCUT2D eigenvalue weighted by Gasteiger charge is -2.26. The van der Waals surface area contributed by atoms with Crippen LogP contribution in [0.25, 0.3) is 11.1 Å². The normalized spacial score (nSPS) is 12.0. The maximum absolute atomic E-state index is 13.3. The monoisotopic (exact) mass is 508 g/mol. The van der Waals surface area contributed by atoms with Crippen LogP contribution in [0.15, 0.2) is 48.5 Å². The van der Waals surface area contributed by atoms with Crippen LogP contribution in [0.4, 0.5) is 0 Å². The van der Waals surface area contributed by atoms with E-state index in [1.807, 2.05) is 0 Å². The summed E-state index contributed by atoms with van der Waals surface area (Å²) in [5.41, 5.74) is 5.44. The van der Waals surface area contributed by atoms with E-state index in [-0.39, 0.29) is 11.6 Å². The average molecular weight is 509 g/mol. The second kappa shape index (κ2) is 11.3. The Hall–Kier alpha value is -4.50. The third kappa shape index (κ3) is 5.14. The van der Waals surface area contributed by atoms with Gasteiger partial charge in [-0.3, -0.25) is 9.59 Å². The van der Waals surface area contributed by atoms with Gasteiger partial charge in [-0.2, -0.15) is 0 Å². The van der Waals surface area contributed by atoms with Gasteiger partial charge in [0.05, 0.1) is 25.3 Å². The number of carbonyl (C=O) groups excluding carboxylic acids is 4. The van der Waals surface area contributed by atoms with E-state index >= 15 is 0 Å². The van der Waals surface area contributed by atoms with Crippen molar-refractivity contribution < 1.29 is 28.7 Å². The van der Waals surface area contributed by atoms with E-state index in [4.69, 9.17) is 9.47 Å². The SMILES string of the molecule is COC(=O)c1c(C#Cc2ccc(C(C)=O)cc2)c(-c2ccc(C(C)=O)cc2)c(C(=O)OC)c2c1CCCC2. The summed E-state index contributed by atoms with van der Waals surface area (Å²) in [6.45, 7) is 2.98. The van der Waals surface area contributed by atoms with E-state index in [1.165, 1.54) is 28.1 Å². The summed E-state index contributed by atoms with van der Waals surface area (Å²) in [5, 5.41) is 0. The molecule has 6 heteroatoms. The fraction of sp³-hybridized carbons (Fsp3) is 0.250. The van der Waals surface area contributed by atoms with Crippen LogP contribution < -0.4 is 0 Å². The minimum Gasteiger partial charge on any atom is -0.465 e. The molecule has 0 heterocycles. The second-order valence-electron chi connectivity index (χ2n) is 9.16. The average Bonchev–Trinajstić information content (AvgIpc) is 2.94. The van der Waals surface area contributed by atoms with Crippen molar-refractivity contribution in [2.75, 3.05) is 14.2 Å². The first-order valence-electron chi connectivity index (χ1n) is 12.4. The Morgan fingerprint density at radius 2 is 1.13 bits per heavy atom. The Morgan fingerprint density at radius 1 is 0.658 bits per heavy atom. The molecule has 0 atom stereocenters. The van der Waals surface area contributed by atoms with Gasteiger partial charge in [0, 0.05) is 27.8 Å². The fourth-order valence-corrected chi connectivity index (χ4v) is 4.87. The Balaban J connectivity index is 2.08. The van der Waals surface area contributed by atoms with Gasteiger partial charge in [-0.1, -0.05) is 48.2 Å². The van der Waals surface area contributed by atoms with Gasteiger partial charge in [-0.25, -0.2) is 9.59 Å².